The average Bonchev–Trinajstić information content (AvgIpc) is 3.03. The maximum Gasteiger partial charge on any atom is 0.120 e. The molecule has 138 valence electrons. The van der Waals surface area contributed by atoms with Crippen molar-refractivity contribution in [3.8, 4) is 11.8 Å². The van der Waals surface area contributed by atoms with Gasteiger partial charge in [0.15, 0.2) is 0 Å². The Hall–Kier alpha value is -0.900. The van der Waals surface area contributed by atoms with Gasteiger partial charge >= 0.3 is 0 Å². The van der Waals surface area contributed by atoms with Crippen LogP contribution in [0.1, 0.15) is 42.9 Å². The molecule has 1 aromatic rings. The van der Waals surface area contributed by atoms with E-state index in [-0.39, 0.29) is 0 Å². The van der Waals surface area contributed by atoms with E-state index in [1.54, 1.807) is 25.2 Å². The second-order valence-corrected chi connectivity index (χ2v) is 8.78. The van der Waals surface area contributed by atoms with E-state index < -0.39 is 5.60 Å². The molecule has 25 heavy (non-hydrogen) atoms. The molecule has 1 N–H and O–H groups in total. The van der Waals surface area contributed by atoms with Crippen molar-refractivity contribution in [3.05, 3.63) is 21.9 Å². The van der Waals surface area contributed by atoms with Gasteiger partial charge in [0.1, 0.15) is 5.60 Å². The molecule has 1 atom stereocenters. The molecule has 0 radical (unpaired) electrons. The Bertz CT molecular complexity index is 605. The van der Waals surface area contributed by atoms with Crippen LogP contribution in [0.4, 0.5) is 0 Å². The Morgan fingerprint density at radius 3 is 2.80 bits per heavy atom. The monoisotopic (exact) mass is 362 g/mol. The first-order valence-corrected chi connectivity index (χ1v) is 10.2. The molecule has 0 amide bonds. The van der Waals surface area contributed by atoms with Gasteiger partial charge in [-0.15, -0.1) is 11.3 Å². The lowest BCUT2D eigenvalue weighted by molar-refractivity contribution is 0.0155. The summed E-state index contributed by atoms with van der Waals surface area (Å²) in [7, 11) is 0. The summed E-state index contributed by atoms with van der Waals surface area (Å²) in [6, 6.07) is 4.93. The van der Waals surface area contributed by atoms with Crippen molar-refractivity contribution in [2.75, 3.05) is 39.4 Å². The third-order valence-corrected chi connectivity index (χ3v) is 5.82. The van der Waals surface area contributed by atoms with Gasteiger partial charge in [0.05, 0.1) is 18.1 Å². The second kappa shape index (κ2) is 8.66. The van der Waals surface area contributed by atoms with Crippen LogP contribution in [-0.2, 0) is 11.3 Å². The molecule has 0 aromatic carbocycles. The average molecular weight is 363 g/mol. The normalized spacial score (nSPS) is 23.2. The van der Waals surface area contributed by atoms with Gasteiger partial charge in [0.25, 0.3) is 0 Å². The van der Waals surface area contributed by atoms with Crippen molar-refractivity contribution in [2.24, 2.45) is 0 Å². The molecule has 0 aliphatic carbocycles. The number of aliphatic hydroxyl groups is 1. The highest BCUT2D eigenvalue weighted by atomic mass is 32.1. The van der Waals surface area contributed by atoms with E-state index in [1.807, 2.05) is 0 Å². The SMILES string of the molecule is CC(C)(O)C#Cc1ccc(CN2CCCCC2CN2CCOCC2)s1. The van der Waals surface area contributed by atoms with Crippen molar-refractivity contribution >= 4 is 11.3 Å². The van der Waals surface area contributed by atoms with Crippen LogP contribution in [0.15, 0.2) is 12.1 Å². The number of rotatable bonds is 4. The lowest BCUT2D eigenvalue weighted by atomic mass is 10.0. The van der Waals surface area contributed by atoms with Crippen molar-refractivity contribution < 1.29 is 9.84 Å². The maximum atomic E-state index is 9.75. The first kappa shape index (κ1) is 18.9. The van der Waals surface area contributed by atoms with Crippen LogP contribution < -0.4 is 0 Å². The molecular weight excluding hydrogens is 332 g/mol. The standard InChI is InChI=1S/C20H30N2O2S/c1-20(2,23)9-8-18-6-7-19(25-18)16-22-10-4-3-5-17(22)15-21-11-13-24-14-12-21/h6-7,17,23H,3-5,10-16H2,1-2H3. The van der Waals surface area contributed by atoms with Crippen LogP contribution in [0.3, 0.4) is 0 Å². The topological polar surface area (TPSA) is 35.9 Å². The molecule has 1 aromatic heterocycles. The predicted octanol–water partition coefficient (Wildman–Crippen LogP) is 2.56. The summed E-state index contributed by atoms with van der Waals surface area (Å²) >= 11 is 1.76. The fourth-order valence-electron chi connectivity index (χ4n) is 3.50. The van der Waals surface area contributed by atoms with Crippen LogP contribution in [0.5, 0.6) is 0 Å². The Morgan fingerprint density at radius 1 is 1.24 bits per heavy atom. The highest BCUT2D eigenvalue weighted by Gasteiger charge is 2.25. The van der Waals surface area contributed by atoms with E-state index in [9.17, 15) is 5.11 Å². The van der Waals surface area contributed by atoms with Crippen LogP contribution >= 0.6 is 11.3 Å². The van der Waals surface area contributed by atoms with E-state index >= 15 is 0 Å². The minimum absolute atomic E-state index is 0.653. The number of thiophene rings is 1. The van der Waals surface area contributed by atoms with Crippen molar-refractivity contribution in [1.29, 1.82) is 0 Å². The summed E-state index contributed by atoms with van der Waals surface area (Å²) in [5.74, 6) is 6.00. The lowest BCUT2D eigenvalue weighted by Crippen LogP contribution is -2.48. The number of hydrogen-bond acceptors (Lipinski definition) is 5. The van der Waals surface area contributed by atoms with Gasteiger partial charge in [-0.3, -0.25) is 9.80 Å². The smallest absolute Gasteiger partial charge is 0.120 e. The number of hydrogen-bond donors (Lipinski definition) is 1. The number of nitrogens with zero attached hydrogens (tertiary/aromatic N) is 2. The maximum absolute atomic E-state index is 9.75. The van der Waals surface area contributed by atoms with Gasteiger partial charge in [-0.25, -0.2) is 0 Å². The zero-order valence-corrected chi connectivity index (χ0v) is 16.3. The number of morpholine rings is 1. The quantitative estimate of drug-likeness (QED) is 0.835. The van der Waals surface area contributed by atoms with E-state index in [0.29, 0.717) is 6.04 Å². The predicted molar refractivity (Wildman–Crippen MR) is 103 cm³/mol. The highest BCUT2D eigenvalue weighted by molar-refractivity contribution is 7.12. The zero-order chi connectivity index (χ0) is 17.7. The van der Waals surface area contributed by atoms with Gasteiger partial charge in [0, 0.05) is 37.1 Å². The molecule has 0 saturated carbocycles. The van der Waals surface area contributed by atoms with Crippen LogP contribution in [0.25, 0.3) is 0 Å². The molecule has 1 unspecified atom stereocenters. The molecule has 4 nitrogen and oxygen atoms in total. The third kappa shape index (κ3) is 6.09. The first-order valence-electron chi connectivity index (χ1n) is 9.38. The third-order valence-electron chi connectivity index (χ3n) is 4.83. The van der Waals surface area contributed by atoms with Crippen LogP contribution in [0.2, 0.25) is 0 Å². The second-order valence-electron chi connectivity index (χ2n) is 7.61. The summed E-state index contributed by atoms with van der Waals surface area (Å²) in [4.78, 5) is 7.62. The van der Waals surface area contributed by atoms with Gasteiger partial charge in [-0.05, 0) is 45.4 Å². The van der Waals surface area contributed by atoms with Gasteiger partial charge in [-0.2, -0.15) is 0 Å². The fraction of sp³-hybridized carbons (Fsp3) is 0.700. The summed E-state index contributed by atoms with van der Waals surface area (Å²) in [5.41, 5.74) is -0.930. The Labute approximate surface area is 155 Å². The molecule has 0 spiro atoms. The van der Waals surface area contributed by atoms with E-state index in [1.165, 1.54) is 37.2 Å². The first-order chi connectivity index (χ1) is 12.0. The summed E-state index contributed by atoms with van der Waals surface area (Å²) in [5, 5.41) is 9.75. The van der Waals surface area contributed by atoms with Crippen molar-refractivity contribution in [1.82, 2.24) is 9.80 Å². The molecule has 2 fully saturated rings. The molecule has 2 saturated heterocycles. The highest BCUT2D eigenvalue weighted by Crippen LogP contribution is 2.24. The van der Waals surface area contributed by atoms with Gasteiger partial charge < -0.3 is 9.84 Å². The number of likely N-dealkylation sites (tertiary alicyclic amines) is 1. The molecular formula is C20H30N2O2S. The summed E-state index contributed by atoms with van der Waals surface area (Å²) in [6.07, 6.45) is 3.95. The van der Waals surface area contributed by atoms with Crippen molar-refractivity contribution in [2.45, 2.75) is 51.3 Å². The van der Waals surface area contributed by atoms with Gasteiger partial charge in [0.2, 0.25) is 0 Å². The molecule has 2 aliphatic heterocycles. The fourth-order valence-corrected chi connectivity index (χ4v) is 4.39. The van der Waals surface area contributed by atoms with Crippen LogP contribution in [0, 0.1) is 11.8 Å². The van der Waals surface area contributed by atoms with E-state index in [4.69, 9.17) is 4.74 Å². The van der Waals surface area contributed by atoms with Gasteiger partial charge in [-0.1, -0.05) is 18.3 Å². The minimum Gasteiger partial charge on any atom is -0.379 e. The van der Waals surface area contributed by atoms with E-state index in [2.05, 4.69) is 33.8 Å². The molecule has 2 aliphatic rings. The Balaban J connectivity index is 1.59. The number of piperidine rings is 1. The summed E-state index contributed by atoms with van der Waals surface area (Å²) < 4.78 is 5.48. The Kier molecular flexibility index (Phi) is 6.54. The zero-order valence-electron chi connectivity index (χ0n) is 15.5. The molecule has 3 rings (SSSR count). The van der Waals surface area contributed by atoms with Crippen molar-refractivity contribution in [3.63, 3.8) is 0 Å². The molecule has 3 heterocycles. The summed E-state index contributed by atoms with van der Waals surface area (Å²) in [6.45, 7) is 10.7. The Morgan fingerprint density at radius 2 is 2.04 bits per heavy atom. The number of ether oxygens (including phenoxy) is 1. The molecule has 5 heteroatoms. The lowest BCUT2D eigenvalue weighted by Gasteiger charge is -2.39. The largest absolute Gasteiger partial charge is 0.379 e. The van der Waals surface area contributed by atoms with Crippen LogP contribution in [-0.4, -0.2) is 65.9 Å². The minimum atomic E-state index is -0.930. The van der Waals surface area contributed by atoms with E-state index in [0.717, 1.165) is 37.7 Å². The molecule has 0 bridgehead atoms.